The van der Waals surface area contributed by atoms with E-state index >= 15 is 0 Å². The van der Waals surface area contributed by atoms with Gasteiger partial charge in [-0.05, 0) is 42.5 Å². The lowest BCUT2D eigenvalue weighted by Crippen LogP contribution is -2.13. The largest absolute Gasteiger partial charge is 0.280 e. The Morgan fingerprint density at radius 1 is 1.15 bits per heavy atom. The Kier molecular flexibility index (Phi) is 3.93. The molecule has 0 unspecified atom stereocenters. The van der Waals surface area contributed by atoms with E-state index in [1.54, 1.807) is 0 Å². The molecular weight excluding hydrogens is 303 g/mol. The molecule has 0 amide bonds. The second-order valence-corrected chi connectivity index (χ2v) is 5.93. The van der Waals surface area contributed by atoms with E-state index in [4.69, 9.17) is 16.9 Å². The highest BCUT2D eigenvalue weighted by Crippen LogP contribution is 2.24. The fourth-order valence-electron chi connectivity index (χ4n) is 1.52. The third kappa shape index (κ3) is 3.07. The standard InChI is InChI=1S/C13H8ClFN2O2S/c14-12-7-9(8-16)1-6-13(12)20(18,19)17-11-4-2-10(15)3-5-11/h1-7,17H. The number of hydrogen-bond donors (Lipinski definition) is 1. The molecule has 0 bridgehead atoms. The highest BCUT2D eigenvalue weighted by molar-refractivity contribution is 7.92. The van der Waals surface area contributed by atoms with Gasteiger partial charge in [0, 0.05) is 5.69 Å². The average Bonchev–Trinajstić information content (AvgIpc) is 2.40. The van der Waals surface area contributed by atoms with E-state index in [0.717, 1.165) is 12.1 Å². The van der Waals surface area contributed by atoms with Crippen molar-refractivity contribution >= 4 is 27.3 Å². The lowest BCUT2D eigenvalue weighted by molar-refractivity contribution is 0.601. The van der Waals surface area contributed by atoms with E-state index in [1.165, 1.54) is 30.3 Å². The quantitative estimate of drug-likeness (QED) is 0.946. The summed E-state index contributed by atoms with van der Waals surface area (Å²) in [7, 11) is -3.90. The molecule has 0 atom stereocenters. The van der Waals surface area contributed by atoms with Gasteiger partial charge in [-0.25, -0.2) is 12.8 Å². The molecule has 1 N–H and O–H groups in total. The maximum Gasteiger partial charge on any atom is 0.263 e. The molecule has 2 rings (SSSR count). The third-order valence-electron chi connectivity index (χ3n) is 2.45. The first kappa shape index (κ1) is 14.3. The van der Waals surface area contributed by atoms with Crippen LogP contribution in [0.15, 0.2) is 47.4 Å². The van der Waals surface area contributed by atoms with Gasteiger partial charge in [0.25, 0.3) is 10.0 Å². The van der Waals surface area contributed by atoms with Gasteiger partial charge >= 0.3 is 0 Å². The van der Waals surface area contributed by atoms with Crippen molar-refractivity contribution in [2.24, 2.45) is 0 Å². The minimum Gasteiger partial charge on any atom is -0.280 e. The van der Waals surface area contributed by atoms with Crippen molar-refractivity contribution in [1.29, 1.82) is 5.26 Å². The van der Waals surface area contributed by atoms with E-state index < -0.39 is 15.8 Å². The molecule has 0 aromatic heterocycles. The molecule has 4 nitrogen and oxygen atoms in total. The van der Waals surface area contributed by atoms with Crippen LogP contribution < -0.4 is 4.72 Å². The zero-order valence-electron chi connectivity index (χ0n) is 9.97. The second kappa shape index (κ2) is 5.49. The summed E-state index contributed by atoms with van der Waals surface area (Å²) in [6.45, 7) is 0. The van der Waals surface area contributed by atoms with Gasteiger partial charge in [-0.3, -0.25) is 4.72 Å². The summed E-state index contributed by atoms with van der Waals surface area (Å²) in [5.41, 5.74) is 0.475. The van der Waals surface area contributed by atoms with Gasteiger partial charge in [0.05, 0.1) is 16.7 Å². The van der Waals surface area contributed by atoms with Gasteiger partial charge in [-0.1, -0.05) is 11.6 Å². The summed E-state index contributed by atoms with van der Waals surface area (Å²) in [6.07, 6.45) is 0. The zero-order valence-corrected chi connectivity index (χ0v) is 11.5. The molecule has 102 valence electrons. The molecule has 20 heavy (non-hydrogen) atoms. The number of nitriles is 1. The fourth-order valence-corrected chi connectivity index (χ4v) is 3.12. The van der Waals surface area contributed by atoms with Crippen molar-refractivity contribution in [3.05, 3.63) is 58.9 Å². The maximum atomic E-state index is 12.8. The molecule has 2 aromatic rings. The zero-order chi connectivity index (χ0) is 14.8. The number of nitrogens with zero attached hydrogens (tertiary/aromatic N) is 1. The Morgan fingerprint density at radius 2 is 1.80 bits per heavy atom. The number of sulfonamides is 1. The van der Waals surface area contributed by atoms with Crippen LogP contribution in [0.5, 0.6) is 0 Å². The summed E-state index contributed by atoms with van der Waals surface area (Å²) >= 11 is 5.85. The van der Waals surface area contributed by atoms with Crippen LogP contribution in [0.1, 0.15) is 5.56 Å². The van der Waals surface area contributed by atoms with Gasteiger partial charge in [0.15, 0.2) is 0 Å². The van der Waals surface area contributed by atoms with Crippen molar-refractivity contribution in [3.63, 3.8) is 0 Å². The topological polar surface area (TPSA) is 70.0 Å². The first-order chi connectivity index (χ1) is 9.42. The van der Waals surface area contributed by atoms with Crippen molar-refractivity contribution in [3.8, 4) is 6.07 Å². The molecule has 7 heteroatoms. The van der Waals surface area contributed by atoms with Crippen LogP contribution in [0.2, 0.25) is 5.02 Å². The minimum atomic E-state index is -3.90. The van der Waals surface area contributed by atoms with Crippen LogP contribution in [0.4, 0.5) is 10.1 Å². The molecule has 2 aromatic carbocycles. The normalized spacial score (nSPS) is 10.8. The van der Waals surface area contributed by atoms with Gasteiger partial charge in [0.2, 0.25) is 0 Å². The van der Waals surface area contributed by atoms with Gasteiger partial charge in [0.1, 0.15) is 10.7 Å². The van der Waals surface area contributed by atoms with Gasteiger partial charge in [-0.15, -0.1) is 0 Å². The van der Waals surface area contributed by atoms with Crippen LogP contribution in [-0.2, 0) is 10.0 Å². The van der Waals surface area contributed by atoms with Crippen molar-refractivity contribution in [2.75, 3.05) is 4.72 Å². The minimum absolute atomic E-state index is 0.0568. The predicted molar refractivity (Wildman–Crippen MR) is 73.4 cm³/mol. The number of nitrogens with one attached hydrogen (secondary N) is 1. The van der Waals surface area contributed by atoms with Crippen molar-refractivity contribution < 1.29 is 12.8 Å². The summed E-state index contributed by atoms with van der Waals surface area (Å²) in [5.74, 6) is -0.468. The first-order valence-corrected chi connectivity index (χ1v) is 7.26. The molecule has 0 radical (unpaired) electrons. The first-order valence-electron chi connectivity index (χ1n) is 5.40. The Morgan fingerprint density at radius 3 is 2.35 bits per heavy atom. The van der Waals surface area contributed by atoms with E-state index in [-0.39, 0.29) is 21.2 Å². The summed E-state index contributed by atoms with van der Waals surface area (Å²) in [6, 6.07) is 10.6. The van der Waals surface area contributed by atoms with Crippen LogP contribution in [-0.4, -0.2) is 8.42 Å². The Balaban J connectivity index is 2.36. The highest BCUT2D eigenvalue weighted by Gasteiger charge is 2.18. The Hall–Kier alpha value is -2.10. The Labute approximate surface area is 120 Å². The van der Waals surface area contributed by atoms with E-state index in [2.05, 4.69) is 4.72 Å². The monoisotopic (exact) mass is 310 g/mol. The maximum absolute atomic E-state index is 12.8. The molecule has 0 spiro atoms. The molecule has 0 aliphatic heterocycles. The smallest absolute Gasteiger partial charge is 0.263 e. The number of rotatable bonds is 3. The highest BCUT2D eigenvalue weighted by atomic mass is 35.5. The van der Waals surface area contributed by atoms with E-state index in [1.807, 2.05) is 6.07 Å². The number of hydrogen-bond acceptors (Lipinski definition) is 3. The van der Waals surface area contributed by atoms with Crippen molar-refractivity contribution in [2.45, 2.75) is 4.90 Å². The molecule has 0 aliphatic rings. The molecular formula is C13H8ClFN2O2S. The van der Waals surface area contributed by atoms with Crippen LogP contribution in [0.3, 0.4) is 0 Å². The predicted octanol–water partition coefficient (Wildman–Crippen LogP) is 3.15. The number of halogens is 2. The Bertz CT molecular complexity index is 783. The van der Waals surface area contributed by atoms with Crippen LogP contribution in [0, 0.1) is 17.1 Å². The second-order valence-electron chi connectivity index (χ2n) is 3.87. The third-order valence-corrected chi connectivity index (χ3v) is 4.31. The lowest BCUT2D eigenvalue weighted by Gasteiger charge is -2.09. The SMILES string of the molecule is N#Cc1ccc(S(=O)(=O)Nc2ccc(F)cc2)c(Cl)c1. The van der Waals surface area contributed by atoms with E-state index in [0.29, 0.717) is 0 Å². The summed E-state index contributed by atoms with van der Waals surface area (Å²) < 4.78 is 39.3. The molecule has 0 saturated heterocycles. The fraction of sp³-hybridized carbons (Fsp3) is 0. The van der Waals surface area contributed by atoms with Crippen LogP contribution in [0.25, 0.3) is 0 Å². The number of anilines is 1. The van der Waals surface area contributed by atoms with Gasteiger partial charge < -0.3 is 0 Å². The summed E-state index contributed by atoms with van der Waals surface area (Å²) in [5, 5.41) is 8.65. The average molecular weight is 311 g/mol. The summed E-state index contributed by atoms with van der Waals surface area (Å²) in [4.78, 5) is -0.150. The molecule has 0 fully saturated rings. The van der Waals surface area contributed by atoms with Gasteiger partial charge in [-0.2, -0.15) is 5.26 Å². The molecule has 0 aliphatic carbocycles. The van der Waals surface area contributed by atoms with Crippen LogP contribution >= 0.6 is 11.6 Å². The lowest BCUT2D eigenvalue weighted by atomic mass is 10.2. The van der Waals surface area contributed by atoms with Crippen molar-refractivity contribution in [1.82, 2.24) is 0 Å². The molecule has 0 saturated carbocycles. The molecule has 0 heterocycles. The van der Waals surface area contributed by atoms with E-state index in [9.17, 15) is 12.8 Å². The number of benzene rings is 2.